The van der Waals surface area contributed by atoms with Crippen molar-refractivity contribution in [3.8, 4) is 11.5 Å². The molecule has 1 heterocycles. The molecule has 1 N–H and O–H groups in total. The predicted octanol–water partition coefficient (Wildman–Crippen LogP) is 3.15. The maximum Gasteiger partial charge on any atom is 0.124 e. The summed E-state index contributed by atoms with van der Waals surface area (Å²) in [7, 11) is 0. The van der Waals surface area contributed by atoms with E-state index in [1.165, 1.54) is 0 Å². The van der Waals surface area contributed by atoms with Crippen LogP contribution in [-0.2, 0) is 11.2 Å². The highest BCUT2D eigenvalue weighted by Crippen LogP contribution is 2.22. The second-order valence-corrected chi connectivity index (χ2v) is 5.05. The lowest BCUT2D eigenvalue weighted by Crippen LogP contribution is -2.15. The largest absolute Gasteiger partial charge is 0.508 e. The smallest absolute Gasteiger partial charge is 0.124 e. The molecule has 2 aromatic carbocycles. The van der Waals surface area contributed by atoms with Crippen molar-refractivity contribution in [2.75, 3.05) is 13.2 Å². The van der Waals surface area contributed by atoms with Crippen molar-refractivity contribution in [1.82, 2.24) is 0 Å². The summed E-state index contributed by atoms with van der Waals surface area (Å²) in [6, 6.07) is 15.5. The number of aromatic hydroxyl groups is 1. The lowest BCUT2D eigenvalue weighted by atomic mass is 10.0. The topological polar surface area (TPSA) is 38.7 Å². The van der Waals surface area contributed by atoms with Crippen LogP contribution in [0.3, 0.4) is 0 Å². The Balaban J connectivity index is 1.65. The molecule has 1 aliphatic rings. The molecule has 0 bridgehead atoms. The van der Waals surface area contributed by atoms with Crippen molar-refractivity contribution in [2.24, 2.45) is 0 Å². The summed E-state index contributed by atoms with van der Waals surface area (Å²) in [5.74, 6) is 1.22. The first kappa shape index (κ1) is 13.0. The summed E-state index contributed by atoms with van der Waals surface area (Å²) < 4.78 is 11.1. The van der Waals surface area contributed by atoms with E-state index >= 15 is 0 Å². The zero-order valence-corrected chi connectivity index (χ0v) is 11.3. The Kier molecular flexibility index (Phi) is 3.88. The number of hydrogen-bond donors (Lipinski definition) is 1. The molecular formula is C17H18O3. The molecule has 0 radical (unpaired) electrons. The van der Waals surface area contributed by atoms with Crippen LogP contribution in [0, 0.1) is 0 Å². The minimum Gasteiger partial charge on any atom is -0.508 e. The first-order chi connectivity index (χ1) is 9.81. The molecule has 20 heavy (non-hydrogen) atoms. The van der Waals surface area contributed by atoms with Gasteiger partial charge < -0.3 is 14.6 Å². The molecule has 0 aromatic heterocycles. The van der Waals surface area contributed by atoms with E-state index in [1.807, 2.05) is 42.5 Å². The molecule has 3 heteroatoms. The fourth-order valence-corrected chi connectivity index (χ4v) is 2.36. The lowest BCUT2D eigenvalue weighted by Gasteiger charge is -2.12. The average Bonchev–Trinajstić information content (AvgIpc) is 2.96. The lowest BCUT2D eigenvalue weighted by molar-refractivity contribution is 0.141. The van der Waals surface area contributed by atoms with Crippen LogP contribution in [0.1, 0.15) is 17.5 Å². The standard InChI is InChI=1S/C17H18O3/c18-17-4-2-1-3-14(17)11-13-5-7-15(8-6-13)20-16-9-10-19-12-16/h1-8,16,18H,9-12H2/t16-/m1/s1. The molecule has 0 spiro atoms. The number of rotatable bonds is 4. The van der Waals surface area contributed by atoms with Crippen molar-refractivity contribution in [2.45, 2.75) is 18.9 Å². The van der Waals surface area contributed by atoms with Crippen LogP contribution in [0.4, 0.5) is 0 Å². The Bertz CT molecular complexity index is 557. The molecule has 1 aliphatic heterocycles. The molecule has 0 unspecified atom stereocenters. The highest BCUT2D eigenvalue weighted by Gasteiger charge is 2.16. The quantitative estimate of drug-likeness (QED) is 0.927. The Hall–Kier alpha value is -2.00. The summed E-state index contributed by atoms with van der Waals surface area (Å²) in [6.07, 6.45) is 1.86. The van der Waals surface area contributed by atoms with Gasteiger partial charge in [0.1, 0.15) is 17.6 Å². The summed E-state index contributed by atoms with van der Waals surface area (Å²) in [4.78, 5) is 0. The third kappa shape index (κ3) is 3.11. The molecule has 0 aliphatic carbocycles. The minimum atomic E-state index is 0.180. The summed E-state index contributed by atoms with van der Waals surface area (Å²) >= 11 is 0. The van der Waals surface area contributed by atoms with Gasteiger partial charge in [-0.05, 0) is 29.3 Å². The molecule has 0 saturated carbocycles. The maximum absolute atomic E-state index is 9.78. The van der Waals surface area contributed by atoms with Crippen molar-refractivity contribution < 1.29 is 14.6 Å². The third-order valence-electron chi connectivity index (χ3n) is 3.50. The van der Waals surface area contributed by atoms with E-state index in [4.69, 9.17) is 9.47 Å². The van der Waals surface area contributed by atoms with Gasteiger partial charge in [0.15, 0.2) is 0 Å². The van der Waals surface area contributed by atoms with Crippen LogP contribution in [0.2, 0.25) is 0 Å². The highest BCUT2D eigenvalue weighted by atomic mass is 16.5. The van der Waals surface area contributed by atoms with Gasteiger partial charge in [-0.3, -0.25) is 0 Å². The van der Waals surface area contributed by atoms with Crippen LogP contribution >= 0.6 is 0 Å². The molecule has 1 saturated heterocycles. The van der Waals surface area contributed by atoms with Gasteiger partial charge in [-0.1, -0.05) is 30.3 Å². The number of phenolic OH excluding ortho intramolecular Hbond substituents is 1. The Morgan fingerprint density at radius 2 is 1.90 bits per heavy atom. The van der Waals surface area contributed by atoms with E-state index < -0.39 is 0 Å². The van der Waals surface area contributed by atoms with E-state index in [2.05, 4.69) is 0 Å². The number of hydrogen-bond acceptors (Lipinski definition) is 3. The van der Waals surface area contributed by atoms with Gasteiger partial charge in [-0.15, -0.1) is 0 Å². The van der Waals surface area contributed by atoms with E-state index in [0.29, 0.717) is 12.4 Å². The van der Waals surface area contributed by atoms with Gasteiger partial charge in [0.25, 0.3) is 0 Å². The van der Waals surface area contributed by atoms with Crippen molar-refractivity contribution >= 4 is 0 Å². The van der Waals surface area contributed by atoms with E-state index in [0.717, 1.165) is 36.3 Å². The van der Waals surface area contributed by atoms with E-state index in [9.17, 15) is 5.11 Å². The van der Waals surface area contributed by atoms with Crippen LogP contribution in [-0.4, -0.2) is 24.4 Å². The van der Waals surface area contributed by atoms with E-state index in [1.54, 1.807) is 6.07 Å². The van der Waals surface area contributed by atoms with Gasteiger partial charge in [-0.25, -0.2) is 0 Å². The Morgan fingerprint density at radius 1 is 1.10 bits per heavy atom. The zero-order valence-electron chi connectivity index (χ0n) is 11.3. The van der Waals surface area contributed by atoms with E-state index in [-0.39, 0.29) is 6.10 Å². The molecule has 0 amide bonds. The molecule has 3 rings (SSSR count). The zero-order chi connectivity index (χ0) is 13.8. The maximum atomic E-state index is 9.78. The van der Waals surface area contributed by atoms with Crippen LogP contribution in [0.15, 0.2) is 48.5 Å². The van der Waals surface area contributed by atoms with Gasteiger partial charge in [0.2, 0.25) is 0 Å². The third-order valence-corrected chi connectivity index (χ3v) is 3.50. The normalized spacial score (nSPS) is 18.1. The molecule has 1 atom stereocenters. The van der Waals surface area contributed by atoms with Crippen LogP contribution in [0.5, 0.6) is 11.5 Å². The molecule has 104 valence electrons. The minimum absolute atomic E-state index is 0.180. The Labute approximate surface area is 118 Å². The summed E-state index contributed by atoms with van der Waals surface area (Å²) in [5.41, 5.74) is 2.09. The van der Waals surface area contributed by atoms with Gasteiger partial charge in [0, 0.05) is 12.8 Å². The predicted molar refractivity (Wildman–Crippen MR) is 77.2 cm³/mol. The van der Waals surface area contributed by atoms with Gasteiger partial charge in [-0.2, -0.15) is 0 Å². The molecule has 2 aromatic rings. The van der Waals surface area contributed by atoms with Crippen LogP contribution < -0.4 is 4.74 Å². The fourth-order valence-electron chi connectivity index (χ4n) is 2.36. The summed E-state index contributed by atoms with van der Waals surface area (Å²) in [6.45, 7) is 1.47. The monoisotopic (exact) mass is 270 g/mol. The van der Waals surface area contributed by atoms with Crippen LogP contribution in [0.25, 0.3) is 0 Å². The van der Waals surface area contributed by atoms with Gasteiger partial charge in [0.05, 0.1) is 13.2 Å². The average molecular weight is 270 g/mol. The van der Waals surface area contributed by atoms with Crippen molar-refractivity contribution in [3.63, 3.8) is 0 Å². The number of benzene rings is 2. The number of ether oxygens (including phenoxy) is 2. The first-order valence-electron chi connectivity index (χ1n) is 6.91. The second-order valence-electron chi connectivity index (χ2n) is 5.05. The number of para-hydroxylation sites is 1. The first-order valence-corrected chi connectivity index (χ1v) is 6.91. The Morgan fingerprint density at radius 3 is 2.60 bits per heavy atom. The molecule has 1 fully saturated rings. The molecule has 3 nitrogen and oxygen atoms in total. The van der Waals surface area contributed by atoms with Crippen molar-refractivity contribution in [1.29, 1.82) is 0 Å². The SMILES string of the molecule is Oc1ccccc1Cc1ccc(O[C@@H]2CCOC2)cc1. The molecular weight excluding hydrogens is 252 g/mol. The highest BCUT2D eigenvalue weighted by molar-refractivity contribution is 5.37. The summed E-state index contributed by atoms with van der Waals surface area (Å²) in [5, 5.41) is 9.78. The second kappa shape index (κ2) is 5.97. The van der Waals surface area contributed by atoms with Gasteiger partial charge >= 0.3 is 0 Å². The number of phenols is 1. The fraction of sp³-hybridized carbons (Fsp3) is 0.294. The van der Waals surface area contributed by atoms with Crippen molar-refractivity contribution in [3.05, 3.63) is 59.7 Å².